The van der Waals surface area contributed by atoms with Crippen LogP contribution in [0.2, 0.25) is 0 Å². The molecule has 4 aromatic carbocycles. The molecule has 1 N–H and O–H groups in total. The number of thioether (sulfide) groups is 1. The normalized spacial score (nSPS) is 15.5. The lowest BCUT2D eigenvalue weighted by Crippen LogP contribution is -2.35. The summed E-state index contributed by atoms with van der Waals surface area (Å²) in [7, 11) is 0. The summed E-state index contributed by atoms with van der Waals surface area (Å²) >= 11 is 7.52. The molecule has 0 unspecified atom stereocenters. The number of ether oxygens (including phenoxy) is 1. The second-order valence-corrected chi connectivity index (χ2v) is 13.7. The second kappa shape index (κ2) is 12.3. The Balaban J connectivity index is 1.24. The average molecular weight is 678 g/mol. The maximum atomic E-state index is 13.4. The predicted molar refractivity (Wildman–Crippen MR) is 191 cm³/mol. The molecule has 0 saturated carbocycles. The number of aromatic nitrogens is 1. The number of nitrogens with zero attached hydrogens (tertiary/aromatic N) is 3. The zero-order valence-electron chi connectivity index (χ0n) is 25.3. The van der Waals surface area contributed by atoms with Crippen LogP contribution in [0.25, 0.3) is 22.1 Å². The van der Waals surface area contributed by atoms with Crippen molar-refractivity contribution >= 4 is 79.6 Å². The minimum absolute atomic E-state index is 0.272. The number of thiazole rings is 1. The number of carbonyl (C=O) groups is 2. The van der Waals surface area contributed by atoms with Crippen molar-refractivity contribution in [3.8, 4) is 22.6 Å². The number of para-hydroxylation sites is 2. The highest BCUT2D eigenvalue weighted by atomic mass is 32.2. The largest absolute Gasteiger partial charge is 0.480 e. The van der Waals surface area contributed by atoms with Crippen LogP contribution in [-0.4, -0.2) is 37.3 Å². The fourth-order valence-corrected chi connectivity index (χ4v) is 8.24. The van der Waals surface area contributed by atoms with E-state index in [-0.39, 0.29) is 10.8 Å². The Morgan fingerprint density at radius 2 is 1.62 bits per heavy atom. The van der Waals surface area contributed by atoms with E-state index in [1.54, 1.807) is 6.08 Å². The van der Waals surface area contributed by atoms with Gasteiger partial charge in [-0.25, -0.2) is 0 Å². The number of amides is 1. The Hall–Kier alpha value is -4.97. The third-order valence-electron chi connectivity index (χ3n) is 7.92. The van der Waals surface area contributed by atoms with E-state index < -0.39 is 18.1 Å². The van der Waals surface area contributed by atoms with Gasteiger partial charge in [0.15, 0.2) is 11.5 Å². The lowest BCUT2D eigenvalue weighted by atomic mass is 10.0. The zero-order valence-corrected chi connectivity index (χ0v) is 27.7. The van der Waals surface area contributed by atoms with Crippen LogP contribution in [0, 0.1) is 6.92 Å². The molecule has 47 heavy (non-hydrogen) atoms. The van der Waals surface area contributed by atoms with Gasteiger partial charge in [0, 0.05) is 12.2 Å². The van der Waals surface area contributed by atoms with Crippen LogP contribution < -0.4 is 24.4 Å². The van der Waals surface area contributed by atoms with Gasteiger partial charge >= 0.3 is 5.97 Å². The molecule has 8 nitrogen and oxygen atoms in total. The fourth-order valence-electron chi connectivity index (χ4n) is 5.60. The van der Waals surface area contributed by atoms with E-state index in [1.165, 1.54) is 10.5 Å². The monoisotopic (exact) mass is 677 g/mol. The molecule has 1 fully saturated rings. The average Bonchev–Trinajstić information content (AvgIpc) is 3.52. The number of hydrogen-bond acceptors (Lipinski definition) is 8. The number of rotatable bonds is 6. The number of anilines is 3. The molecule has 0 atom stereocenters. The standard InChI is InChI=1S/C36H27N3O5S3/c1-3-37-34(43)32(47-36(37)45)35-38(20-31(40)41)33(42)30(46-35)18-22-10-12-23(13-11-22)24-14-17-27-29(19-24)44-28-7-5-4-6-26(28)39(27)25-15-8-21(2)9-16-25/h4-19H,3,20H2,1-2H3,(H,40,41)/b30-18-,35-32-. The van der Waals surface area contributed by atoms with Crippen LogP contribution in [0.5, 0.6) is 11.5 Å². The molecule has 0 spiro atoms. The maximum absolute atomic E-state index is 13.4. The highest BCUT2D eigenvalue weighted by Crippen LogP contribution is 2.51. The van der Waals surface area contributed by atoms with Gasteiger partial charge in [0.2, 0.25) is 0 Å². The summed E-state index contributed by atoms with van der Waals surface area (Å²) in [4.78, 5) is 41.9. The van der Waals surface area contributed by atoms with Gasteiger partial charge in [-0.3, -0.25) is 23.9 Å². The van der Waals surface area contributed by atoms with E-state index in [0.717, 1.165) is 72.9 Å². The van der Waals surface area contributed by atoms with Gasteiger partial charge in [0.25, 0.3) is 11.5 Å². The SMILES string of the molecule is CCN1C(=O)/C(=c2/s/c(=C\c3ccc(-c4ccc5c(c4)Oc4ccccc4N5c4ccc(C)cc4)cc3)c(=O)n2CC(=O)O)SC1=S. The number of fused-ring (bicyclic) bond motifs is 2. The second-order valence-electron chi connectivity index (χ2n) is 11.0. The molecule has 1 amide bonds. The van der Waals surface area contributed by atoms with Crippen molar-refractivity contribution in [1.29, 1.82) is 0 Å². The first-order chi connectivity index (χ1) is 22.7. The van der Waals surface area contributed by atoms with Crippen molar-refractivity contribution in [2.45, 2.75) is 20.4 Å². The summed E-state index contributed by atoms with van der Waals surface area (Å²) < 4.78 is 8.52. The highest BCUT2D eigenvalue weighted by molar-refractivity contribution is 8.30. The first-order valence-corrected chi connectivity index (χ1v) is 16.8. The van der Waals surface area contributed by atoms with E-state index >= 15 is 0 Å². The van der Waals surface area contributed by atoms with Crippen LogP contribution in [-0.2, 0) is 16.1 Å². The molecular formula is C36H27N3O5S3. The van der Waals surface area contributed by atoms with Gasteiger partial charge in [-0.05, 0) is 73.0 Å². The minimum atomic E-state index is -1.17. The zero-order chi connectivity index (χ0) is 32.8. The van der Waals surface area contributed by atoms with Gasteiger partial charge in [0.1, 0.15) is 20.4 Å². The first-order valence-electron chi connectivity index (χ1n) is 14.8. The molecule has 1 saturated heterocycles. The van der Waals surface area contributed by atoms with Crippen molar-refractivity contribution in [2.24, 2.45) is 0 Å². The first kappa shape index (κ1) is 30.7. The quantitative estimate of drug-likeness (QED) is 0.204. The van der Waals surface area contributed by atoms with Crippen molar-refractivity contribution in [3.05, 3.63) is 122 Å². The predicted octanol–water partition coefficient (Wildman–Crippen LogP) is 6.36. The molecule has 2 aliphatic heterocycles. The molecule has 2 aliphatic rings. The van der Waals surface area contributed by atoms with E-state index in [0.29, 0.717) is 20.1 Å². The number of carboxylic acid groups (broad SMARTS) is 1. The van der Waals surface area contributed by atoms with E-state index in [4.69, 9.17) is 17.0 Å². The number of benzene rings is 4. The summed E-state index contributed by atoms with van der Waals surface area (Å²) in [6, 6.07) is 30.3. The Morgan fingerprint density at radius 1 is 0.915 bits per heavy atom. The summed E-state index contributed by atoms with van der Waals surface area (Å²) in [5.41, 5.74) is 6.35. The van der Waals surface area contributed by atoms with Gasteiger partial charge in [-0.15, -0.1) is 11.3 Å². The van der Waals surface area contributed by atoms with Gasteiger partial charge < -0.3 is 14.7 Å². The van der Waals surface area contributed by atoms with E-state index in [2.05, 4.69) is 48.2 Å². The number of aliphatic carboxylic acids is 1. The molecule has 0 aliphatic carbocycles. The molecule has 7 rings (SSSR count). The Morgan fingerprint density at radius 3 is 2.32 bits per heavy atom. The molecule has 234 valence electrons. The van der Waals surface area contributed by atoms with Crippen LogP contribution in [0.1, 0.15) is 18.1 Å². The van der Waals surface area contributed by atoms with E-state index in [1.807, 2.05) is 61.5 Å². The van der Waals surface area contributed by atoms with Gasteiger partial charge in [-0.2, -0.15) is 0 Å². The van der Waals surface area contributed by atoms with Crippen LogP contribution in [0.4, 0.5) is 17.1 Å². The molecule has 1 aromatic heterocycles. The van der Waals surface area contributed by atoms with Gasteiger partial charge in [0.05, 0.1) is 15.9 Å². The lowest BCUT2D eigenvalue weighted by Gasteiger charge is -2.33. The number of carbonyl (C=O) groups excluding carboxylic acids is 1. The van der Waals surface area contributed by atoms with Crippen LogP contribution >= 0.6 is 35.3 Å². The topological polar surface area (TPSA) is 92.1 Å². The van der Waals surface area contributed by atoms with Crippen molar-refractivity contribution in [1.82, 2.24) is 9.47 Å². The molecule has 11 heteroatoms. The Labute approximate surface area is 283 Å². The van der Waals surface area contributed by atoms with Gasteiger partial charge in [-0.1, -0.05) is 84.1 Å². The lowest BCUT2D eigenvalue weighted by molar-refractivity contribution is -0.137. The van der Waals surface area contributed by atoms with Crippen LogP contribution in [0.3, 0.4) is 0 Å². The number of thiocarbonyl (C=S) groups is 1. The summed E-state index contributed by atoms with van der Waals surface area (Å²) in [5.74, 6) is 0.0120. The fraction of sp³-hybridized carbons (Fsp3) is 0.111. The smallest absolute Gasteiger partial charge is 0.323 e. The summed E-state index contributed by atoms with van der Waals surface area (Å²) in [5, 5.41) is 9.50. The van der Waals surface area contributed by atoms with Crippen molar-refractivity contribution < 1.29 is 19.4 Å². The molecular weight excluding hydrogens is 651 g/mol. The molecule has 5 aromatic rings. The molecule has 0 bridgehead atoms. The molecule has 3 heterocycles. The Kier molecular flexibility index (Phi) is 8.04. The summed E-state index contributed by atoms with van der Waals surface area (Å²) in [6.07, 6.45) is 1.71. The van der Waals surface area contributed by atoms with Crippen LogP contribution in [0.15, 0.2) is 95.8 Å². The minimum Gasteiger partial charge on any atom is -0.480 e. The summed E-state index contributed by atoms with van der Waals surface area (Å²) in [6.45, 7) is 3.72. The molecule has 0 radical (unpaired) electrons. The number of carboxylic acids is 1. The van der Waals surface area contributed by atoms with Crippen molar-refractivity contribution in [2.75, 3.05) is 11.4 Å². The maximum Gasteiger partial charge on any atom is 0.323 e. The number of aryl methyl sites for hydroxylation is 1. The van der Waals surface area contributed by atoms with Crippen molar-refractivity contribution in [3.63, 3.8) is 0 Å². The number of hydrogen-bond donors (Lipinski definition) is 1. The third-order valence-corrected chi connectivity index (χ3v) is 10.6. The Bertz CT molecular complexity index is 2270. The van der Waals surface area contributed by atoms with E-state index in [9.17, 15) is 19.5 Å². The third kappa shape index (κ3) is 5.67. The highest BCUT2D eigenvalue weighted by Gasteiger charge is 2.33.